The normalized spacial score (nSPS) is 11.1. The minimum absolute atomic E-state index is 0.0330. The summed E-state index contributed by atoms with van der Waals surface area (Å²) in [5.41, 5.74) is 1.67. The highest BCUT2D eigenvalue weighted by atomic mass is 19.4. The first-order valence-electron chi connectivity index (χ1n) is 10.1. The predicted octanol–water partition coefficient (Wildman–Crippen LogP) is 4.49. The van der Waals surface area contributed by atoms with Crippen LogP contribution in [0.25, 0.3) is 11.3 Å². The van der Waals surface area contributed by atoms with Crippen LogP contribution in [-0.4, -0.2) is 30.9 Å². The molecule has 10 heteroatoms. The van der Waals surface area contributed by atoms with Crippen LogP contribution >= 0.6 is 0 Å². The number of ether oxygens (including phenoxy) is 1. The molecule has 0 aliphatic heterocycles. The first kappa shape index (κ1) is 24.6. The molecule has 2 aromatic carbocycles. The van der Waals surface area contributed by atoms with Gasteiger partial charge >= 0.3 is 12.1 Å². The fourth-order valence-electron chi connectivity index (χ4n) is 3.08. The van der Waals surface area contributed by atoms with E-state index in [1.165, 1.54) is 24.3 Å². The molecule has 0 atom stereocenters. The molecule has 0 fully saturated rings. The summed E-state index contributed by atoms with van der Waals surface area (Å²) in [6, 6.07) is 12.5. The smallest absolute Gasteiger partial charge is 0.416 e. The van der Waals surface area contributed by atoms with Gasteiger partial charge in [0, 0.05) is 11.3 Å². The number of hydrogen-bond acceptors (Lipinski definition) is 5. The maximum absolute atomic E-state index is 12.9. The molecule has 3 aromatic rings. The molecule has 2 amide bonds. The van der Waals surface area contributed by atoms with E-state index in [-0.39, 0.29) is 23.6 Å². The minimum atomic E-state index is -4.52. The molecule has 0 radical (unpaired) electrons. The average Bonchev–Trinajstić information content (AvgIpc) is 3.29. The summed E-state index contributed by atoms with van der Waals surface area (Å²) in [5, 5.41) is 5.04. The van der Waals surface area contributed by atoms with Crippen molar-refractivity contribution in [3.63, 3.8) is 0 Å². The summed E-state index contributed by atoms with van der Waals surface area (Å²) in [5.74, 6) is -2.39. The van der Waals surface area contributed by atoms with Crippen molar-refractivity contribution in [1.29, 1.82) is 0 Å². The van der Waals surface area contributed by atoms with Gasteiger partial charge in [0.25, 0.3) is 5.91 Å². The van der Waals surface area contributed by atoms with E-state index < -0.39 is 36.1 Å². The molecular weight excluding hydrogens is 453 g/mol. The van der Waals surface area contributed by atoms with Crippen molar-refractivity contribution in [2.75, 3.05) is 18.5 Å². The van der Waals surface area contributed by atoms with Gasteiger partial charge in [0.15, 0.2) is 6.61 Å². The van der Waals surface area contributed by atoms with Gasteiger partial charge in [-0.1, -0.05) is 30.3 Å². The lowest BCUT2D eigenvalue weighted by molar-refractivity contribution is -0.137. The number of alkyl halides is 3. The summed E-state index contributed by atoms with van der Waals surface area (Å²) in [7, 11) is 0. The van der Waals surface area contributed by atoms with Gasteiger partial charge in [-0.25, -0.2) is 4.79 Å². The Bertz CT molecular complexity index is 1200. The van der Waals surface area contributed by atoms with Crippen LogP contribution in [0.2, 0.25) is 0 Å². The maximum Gasteiger partial charge on any atom is 0.416 e. The number of nitrogens with one attached hydrogen (secondary N) is 2. The molecule has 178 valence electrons. The molecule has 0 spiro atoms. The fraction of sp³-hybridized carbons (Fsp3) is 0.208. The Kier molecular flexibility index (Phi) is 7.40. The molecule has 34 heavy (non-hydrogen) atoms. The van der Waals surface area contributed by atoms with Crippen LogP contribution in [0.4, 0.5) is 18.9 Å². The lowest BCUT2D eigenvalue weighted by Gasteiger charge is -2.12. The van der Waals surface area contributed by atoms with Crippen LogP contribution in [0, 0.1) is 13.8 Å². The molecule has 0 saturated carbocycles. The molecule has 0 aliphatic carbocycles. The Morgan fingerprint density at radius 1 is 0.941 bits per heavy atom. The van der Waals surface area contributed by atoms with E-state index in [1.807, 2.05) is 32.0 Å². The molecule has 7 nitrogen and oxygen atoms in total. The molecule has 0 unspecified atom stereocenters. The lowest BCUT2D eigenvalue weighted by atomic mass is 10.1. The van der Waals surface area contributed by atoms with Crippen LogP contribution in [0.5, 0.6) is 0 Å². The number of halogens is 3. The average molecular weight is 474 g/mol. The van der Waals surface area contributed by atoms with Crippen molar-refractivity contribution in [3.05, 3.63) is 77.0 Å². The number of para-hydroxylation sites is 1. The zero-order valence-corrected chi connectivity index (χ0v) is 18.3. The summed E-state index contributed by atoms with van der Waals surface area (Å²) in [6.07, 6.45) is -4.52. The second-order valence-electron chi connectivity index (χ2n) is 7.41. The third-order valence-corrected chi connectivity index (χ3v) is 4.81. The Morgan fingerprint density at radius 2 is 1.62 bits per heavy atom. The molecule has 0 aliphatic rings. The number of carbonyl (C=O) groups is 3. The van der Waals surface area contributed by atoms with Crippen LogP contribution in [-0.2, 0) is 20.5 Å². The van der Waals surface area contributed by atoms with Gasteiger partial charge in [-0.2, -0.15) is 13.2 Å². The predicted molar refractivity (Wildman–Crippen MR) is 117 cm³/mol. The van der Waals surface area contributed by atoms with E-state index in [0.29, 0.717) is 5.69 Å². The van der Waals surface area contributed by atoms with Gasteiger partial charge in [0.1, 0.15) is 5.76 Å². The number of aryl methyl sites for hydroxylation is 2. The fourth-order valence-corrected chi connectivity index (χ4v) is 3.08. The zero-order chi connectivity index (χ0) is 24.9. The largest absolute Gasteiger partial charge is 0.450 e. The topological polar surface area (TPSA) is 97.6 Å². The van der Waals surface area contributed by atoms with Gasteiger partial charge in [-0.3, -0.25) is 9.59 Å². The second kappa shape index (κ2) is 10.2. The van der Waals surface area contributed by atoms with Crippen molar-refractivity contribution >= 4 is 23.5 Å². The van der Waals surface area contributed by atoms with E-state index in [1.54, 1.807) is 0 Å². The van der Waals surface area contributed by atoms with Crippen LogP contribution in [0.3, 0.4) is 0 Å². The molecule has 0 bridgehead atoms. The summed E-state index contributed by atoms with van der Waals surface area (Å²) >= 11 is 0. The van der Waals surface area contributed by atoms with Gasteiger partial charge in [0.2, 0.25) is 11.7 Å². The number of furan rings is 1. The number of hydrogen-bond donors (Lipinski definition) is 2. The SMILES string of the molecule is Cc1cccc(C)c1NC(=O)CNC(=O)COC(=O)c1ccc(-c2cccc(C(F)(F)F)c2)o1. The van der Waals surface area contributed by atoms with Gasteiger partial charge in [-0.15, -0.1) is 0 Å². The number of esters is 1. The molecule has 2 N–H and O–H groups in total. The standard InChI is InChI=1S/C24H21F3N2O5/c1-14-5-3-6-15(2)22(14)29-20(30)12-28-21(31)13-33-23(32)19-10-9-18(34-19)16-7-4-8-17(11-16)24(25,26)27/h3-11H,12-13H2,1-2H3,(H,28,31)(H,29,30). The highest BCUT2D eigenvalue weighted by Gasteiger charge is 2.30. The van der Waals surface area contributed by atoms with Gasteiger partial charge < -0.3 is 19.8 Å². The van der Waals surface area contributed by atoms with E-state index >= 15 is 0 Å². The Hall–Kier alpha value is -4.08. The van der Waals surface area contributed by atoms with Crippen LogP contribution in [0.1, 0.15) is 27.2 Å². The first-order chi connectivity index (χ1) is 16.0. The third-order valence-electron chi connectivity index (χ3n) is 4.81. The van der Waals surface area contributed by atoms with Crippen molar-refractivity contribution in [1.82, 2.24) is 5.32 Å². The highest BCUT2D eigenvalue weighted by molar-refractivity contribution is 5.96. The molecule has 1 aromatic heterocycles. The Morgan fingerprint density at radius 3 is 2.29 bits per heavy atom. The van der Waals surface area contributed by atoms with E-state index in [2.05, 4.69) is 10.6 Å². The molecule has 3 rings (SSSR count). The van der Waals surface area contributed by atoms with Crippen LogP contribution in [0.15, 0.2) is 59.0 Å². The van der Waals surface area contributed by atoms with Crippen LogP contribution < -0.4 is 10.6 Å². The number of anilines is 1. The van der Waals surface area contributed by atoms with Gasteiger partial charge in [0.05, 0.1) is 12.1 Å². The Balaban J connectivity index is 1.50. The van der Waals surface area contributed by atoms with Crippen molar-refractivity contribution in [2.24, 2.45) is 0 Å². The second-order valence-corrected chi connectivity index (χ2v) is 7.41. The Labute approximate surface area is 192 Å². The molecule has 1 heterocycles. The van der Waals surface area contributed by atoms with E-state index in [4.69, 9.17) is 9.15 Å². The maximum atomic E-state index is 12.9. The van der Waals surface area contributed by atoms with E-state index in [9.17, 15) is 27.6 Å². The lowest BCUT2D eigenvalue weighted by Crippen LogP contribution is -2.35. The minimum Gasteiger partial charge on any atom is -0.450 e. The highest BCUT2D eigenvalue weighted by Crippen LogP contribution is 2.32. The monoisotopic (exact) mass is 474 g/mol. The van der Waals surface area contributed by atoms with Crippen molar-refractivity contribution in [3.8, 4) is 11.3 Å². The zero-order valence-electron chi connectivity index (χ0n) is 18.3. The number of carbonyl (C=O) groups excluding carboxylic acids is 3. The molecular formula is C24H21F3N2O5. The number of amides is 2. The van der Waals surface area contributed by atoms with Crippen molar-refractivity contribution in [2.45, 2.75) is 20.0 Å². The summed E-state index contributed by atoms with van der Waals surface area (Å²) in [4.78, 5) is 36.1. The van der Waals surface area contributed by atoms with E-state index in [0.717, 1.165) is 23.3 Å². The van der Waals surface area contributed by atoms with Gasteiger partial charge in [-0.05, 0) is 49.2 Å². The van der Waals surface area contributed by atoms with Crippen molar-refractivity contribution < 1.29 is 36.7 Å². The number of rotatable bonds is 7. The first-order valence-corrected chi connectivity index (χ1v) is 10.1. The molecule has 0 saturated heterocycles. The third kappa shape index (κ3) is 6.25. The quantitative estimate of drug-likeness (QED) is 0.492. The number of benzene rings is 2. The summed E-state index contributed by atoms with van der Waals surface area (Å²) in [6.45, 7) is 2.68. The summed E-state index contributed by atoms with van der Waals surface area (Å²) < 4.78 is 48.8.